The maximum atomic E-state index is 12.7. The van der Waals surface area contributed by atoms with Crippen molar-refractivity contribution in [2.45, 2.75) is 25.4 Å². The molecule has 156 valence electrons. The van der Waals surface area contributed by atoms with E-state index in [9.17, 15) is 9.59 Å². The Hall–Kier alpha value is -2.91. The molecule has 2 aromatic heterocycles. The Morgan fingerprint density at radius 2 is 2.07 bits per heavy atom. The summed E-state index contributed by atoms with van der Waals surface area (Å²) in [7, 11) is 1.59. The summed E-state index contributed by atoms with van der Waals surface area (Å²) in [5, 5.41) is 10.7. The number of hydrogen-bond acceptors (Lipinski definition) is 6. The van der Waals surface area contributed by atoms with Crippen molar-refractivity contribution in [3.63, 3.8) is 0 Å². The van der Waals surface area contributed by atoms with Crippen LogP contribution in [0.2, 0.25) is 0 Å². The lowest BCUT2D eigenvalue weighted by Crippen LogP contribution is -2.47. The number of thiophene rings is 1. The normalized spacial score (nSPS) is 15.8. The smallest absolute Gasteiger partial charge is 0.322 e. The van der Waals surface area contributed by atoms with Crippen molar-refractivity contribution in [2.24, 2.45) is 0 Å². The van der Waals surface area contributed by atoms with Crippen molar-refractivity contribution in [1.29, 1.82) is 0 Å². The number of likely N-dealkylation sites (tertiary alicyclic amines) is 1. The molecular weight excluding hydrogens is 420 g/mol. The molecule has 1 fully saturated rings. The van der Waals surface area contributed by atoms with Crippen LogP contribution in [-0.4, -0.2) is 41.5 Å². The van der Waals surface area contributed by atoms with E-state index < -0.39 is 6.04 Å². The zero-order valence-electron chi connectivity index (χ0n) is 16.5. The van der Waals surface area contributed by atoms with E-state index in [2.05, 4.69) is 15.6 Å². The van der Waals surface area contributed by atoms with E-state index in [0.717, 1.165) is 27.7 Å². The minimum atomic E-state index is -0.473. The molecule has 1 aliphatic heterocycles. The highest BCUT2D eigenvalue weighted by Gasteiger charge is 2.34. The van der Waals surface area contributed by atoms with Gasteiger partial charge in [-0.25, -0.2) is 9.78 Å². The van der Waals surface area contributed by atoms with Gasteiger partial charge in [0, 0.05) is 17.6 Å². The average molecular weight is 443 g/mol. The molecule has 0 aliphatic carbocycles. The second-order valence-electron chi connectivity index (χ2n) is 6.85. The molecule has 3 aromatic rings. The average Bonchev–Trinajstić information content (AvgIpc) is 3.53. The summed E-state index contributed by atoms with van der Waals surface area (Å²) in [4.78, 5) is 32.7. The molecule has 2 N–H and O–H groups in total. The van der Waals surface area contributed by atoms with E-state index in [1.54, 1.807) is 58.9 Å². The Balaban J connectivity index is 1.33. The van der Waals surface area contributed by atoms with Gasteiger partial charge in [0.2, 0.25) is 5.91 Å². The molecule has 1 atom stereocenters. The van der Waals surface area contributed by atoms with Crippen molar-refractivity contribution < 1.29 is 14.3 Å². The SMILES string of the molecule is COc1ccc(NC(=O)N2CCCC2C(=O)NCc2csc(-c3cccs3)n2)cc1. The monoisotopic (exact) mass is 442 g/mol. The van der Waals surface area contributed by atoms with E-state index in [1.165, 1.54) is 0 Å². The molecule has 0 bridgehead atoms. The number of ether oxygens (including phenoxy) is 1. The largest absolute Gasteiger partial charge is 0.497 e. The van der Waals surface area contributed by atoms with E-state index in [-0.39, 0.29) is 11.9 Å². The van der Waals surface area contributed by atoms with Crippen LogP contribution in [0, 0.1) is 0 Å². The van der Waals surface area contributed by atoms with Gasteiger partial charge in [0.15, 0.2) is 0 Å². The number of carbonyl (C=O) groups is 2. The van der Waals surface area contributed by atoms with Crippen LogP contribution in [0.3, 0.4) is 0 Å². The minimum absolute atomic E-state index is 0.150. The van der Waals surface area contributed by atoms with Crippen LogP contribution >= 0.6 is 22.7 Å². The summed E-state index contributed by atoms with van der Waals surface area (Å²) in [5.74, 6) is 0.568. The number of carbonyl (C=O) groups excluding carboxylic acids is 2. The van der Waals surface area contributed by atoms with Crippen LogP contribution in [0.5, 0.6) is 5.75 Å². The Kier molecular flexibility index (Phi) is 6.29. The fraction of sp³-hybridized carbons (Fsp3) is 0.286. The van der Waals surface area contributed by atoms with E-state index >= 15 is 0 Å². The highest BCUT2D eigenvalue weighted by Crippen LogP contribution is 2.28. The number of nitrogens with zero attached hydrogens (tertiary/aromatic N) is 2. The Morgan fingerprint density at radius 3 is 2.80 bits per heavy atom. The van der Waals surface area contributed by atoms with E-state index in [0.29, 0.717) is 25.2 Å². The van der Waals surface area contributed by atoms with Gasteiger partial charge >= 0.3 is 6.03 Å². The summed E-state index contributed by atoms with van der Waals surface area (Å²) in [6.45, 7) is 0.907. The van der Waals surface area contributed by atoms with Crippen LogP contribution in [0.25, 0.3) is 9.88 Å². The molecule has 1 saturated heterocycles. The first kappa shape index (κ1) is 20.4. The Morgan fingerprint density at radius 1 is 1.23 bits per heavy atom. The number of urea groups is 1. The van der Waals surface area contributed by atoms with Gasteiger partial charge in [-0.2, -0.15) is 0 Å². The second-order valence-corrected chi connectivity index (χ2v) is 8.65. The summed E-state index contributed by atoms with van der Waals surface area (Å²) < 4.78 is 5.13. The third kappa shape index (κ3) is 4.63. The van der Waals surface area contributed by atoms with Crippen molar-refractivity contribution >= 4 is 40.3 Å². The molecule has 9 heteroatoms. The minimum Gasteiger partial charge on any atom is -0.497 e. The standard InChI is InChI=1S/C21H22N4O3S2/c1-28-16-8-6-14(7-9-16)24-21(27)25-10-2-4-17(25)19(26)22-12-15-13-30-20(23-15)18-5-3-11-29-18/h3,5-9,11,13,17H,2,4,10,12H2,1H3,(H,22,26)(H,24,27). The molecule has 3 heterocycles. The fourth-order valence-electron chi connectivity index (χ4n) is 3.35. The van der Waals surface area contributed by atoms with Crippen molar-refractivity contribution in [1.82, 2.24) is 15.2 Å². The summed E-state index contributed by atoms with van der Waals surface area (Å²) in [6.07, 6.45) is 1.45. The second kappa shape index (κ2) is 9.27. The number of thiazole rings is 1. The van der Waals surface area contributed by atoms with Crippen LogP contribution in [0.4, 0.5) is 10.5 Å². The molecule has 0 saturated carbocycles. The van der Waals surface area contributed by atoms with Crippen LogP contribution in [0.1, 0.15) is 18.5 Å². The predicted molar refractivity (Wildman–Crippen MR) is 119 cm³/mol. The first-order chi connectivity index (χ1) is 14.6. The Labute approximate surface area is 182 Å². The molecule has 30 heavy (non-hydrogen) atoms. The summed E-state index contributed by atoms with van der Waals surface area (Å²) in [6, 6.07) is 10.4. The van der Waals surface area contributed by atoms with Crippen molar-refractivity contribution in [3.05, 3.63) is 52.9 Å². The molecule has 3 amide bonds. The number of methoxy groups -OCH3 is 1. The third-order valence-corrected chi connectivity index (χ3v) is 6.82. The van der Waals surface area contributed by atoms with Gasteiger partial charge in [-0.15, -0.1) is 22.7 Å². The zero-order chi connectivity index (χ0) is 20.9. The molecule has 1 unspecified atom stereocenters. The van der Waals surface area contributed by atoms with E-state index in [4.69, 9.17) is 4.74 Å². The van der Waals surface area contributed by atoms with Crippen LogP contribution < -0.4 is 15.4 Å². The topological polar surface area (TPSA) is 83.6 Å². The van der Waals surface area contributed by atoms with Gasteiger partial charge in [-0.3, -0.25) is 4.79 Å². The number of aromatic nitrogens is 1. The molecule has 1 aliphatic rings. The van der Waals surface area contributed by atoms with Gasteiger partial charge in [-0.05, 0) is 48.6 Å². The Bertz CT molecular complexity index is 1000. The molecule has 7 nitrogen and oxygen atoms in total. The van der Waals surface area contributed by atoms with Crippen molar-refractivity contribution in [2.75, 3.05) is 19.0 Å². The number of nitrogens with one attached hydrogen (secondary N) is 2. The fourth-order valence-corrected chi connectivity index (χ4v) is 4.98. The van der Waals surface area contributed by atoms with Gasteiger partial charge in [-0.1, -0.05) is 6.07 Å². The predicted octanol–water partition coefficient (Wildman–Crippen LogP) is 4.19. The zero-order valence-corrected chi connectivity index (χ0v) is 18.1. The highest BCUT2D eigenvalue weighted by molar-refractivity contribution is 7.20. The molecule has 1 aromatic carbocycles. The van der Waals surface area contributed by atoms with Gasteiger partial charge in [0.25, 0.3) is 0 Å². The number of hydrogen-bond donors (Lipinski definition) is 2. The lowest BCUT2D eigenvalue weighted by Gasteiger charge is -2.24. The molecule has 0 radical (unpaired) electrons. The molecule has 4 rings (SSSR count). The first-order valence-corrected chi connectivity index (χ1v) is 11.4. The third-order valence-electron chi connectivity index (χ3n) is 4.89. The molecule has 0 spiro atoms. The van der Waals surface area contributed by atoms with Crippen LogP contribution in [0.15, 0.2) is 47.2 Å². The molecular formula is C21H22N4O3S2. The lowest BCUT2D eigenvalue weighted by atomic mass is 10.2. The highest BCUT2D eigenvalue weighted by atomic mass is 32.1. The number of rotatable bonds is 6. The number of benzene rings is 1. The van der Waals surface area contributed by atoms with E-state index in [1.807, 2.05) is 22.9 Å². The van der Waals surface area contributed by atoms with Gasteiger partial charge < -0.3 is 20.3 Å². The quantitative estimate of drug-likeness (QED) is 0.600. The lowest BCUT2D eigenvalue weighted by molar-refractivity contribution is -0.124. The maximum absolute atomic E-state index is 12.7. The number of amides is 3. The summed E-state index contributed by atoms with van der Waals surface area (Å²) >= 11 is 3.21. The first-order valence-electron chi connectivity index (χ1n) is 9.61. The van der Waals surface area contributed by atoms with Gasteiger partial charge in [0.1, 0.15) is 16.8 Å². The summed E-state index contributed by atoms with van der Waals surface area (Å²) in [5.41, 5.74) is 1.49. The van der Waals surface area contributed by atoms with Crippen LogP contribution in [-0.2, 0) is 11.3 Å². The van der Waals surface area contributed by atoms with Gasteiger partial charge in [0.05, 0.1) is 24.2 Å². The maximum Gasteiger partial charge on any atom is 0.322 e. The number of anilines is 1. The van der Waals surface area contributed by atoms with Crippen molar-refractivity contribution in [3.8, 4) is 15.6 Å².